The fraction of sp³-hybridized carbons (Fsp3) is 0.500. The van der Waals surface area contributed by atoms with Crippen molar-refractivity contribution < 1.29 is 4.79 Å². The molecule has 1 aliphatic carbocycles. The lowest BCUT2D eigenvalue weighted by atomic mass is 10.1. The monoisotopic (exact) mass is 344 g/mol. The summed E-state index contributed by atoms with van der Waals surface area (Å²) in [5, 5.41) is 12.5. The second-order valence-electron chi connectivity index (χ2n) is 6.57. The quantitative estimate of drug-likeness (QED) is 0.778. The van der Waals surface area contributed by atoms with Crippen LogP contribution in [0.5, 0.6) is 0 Å². The van der Waals surface area contributed by atoms with Gasteiger partial charge < -0.3 is 9.88 Å². The van der Waals surface area contributed by atoms with Crippen molar-refractivity contribution in [2.75, 3.05) is 5.75 Å². The fourth-order valence-corrected chi connectivity index (χ4v) is 3.62. The number of nitrogens with one attached hydrogen (secondary N) is 1. The average molecular weight is 344 g/mol. The molecule has 2 aromatic rings. The highest BCUT2D eigenvalue weighted by molar-refractivity contribution is 7.99. The van der Waals surface area contributed by atoms with Gasteiger partial charge in [0.25, 0.3) is 0 Å². The van der Waals surface area contributed by atoms with Crippen LogP contribution in [0.1, 0.15) is 63.0 Å². The standard InChI is InChI=1S/C18H24N4OS/c1-12(2)22-17(15-9-10-15)20-21-18(22)24-11-16(23)19-13(3)14-7-5-4-6-8-14/h4-8,12-13,15H,9-11H2,1-3H3,(H,19,23). The summed E-state index contributed by atoms with van der Waals surface area (Å²) < 4.78 is 2.18. The van der Waals surface area contributed by atoms with E-state index >= 15 is 0 Å². The van der Waals surface area contributed by atoms with Crippen molar-refractivity contribution in [3.63, 3.8) is 0 Å². The Morgan fingerprint density at radius 2 is 1.96 bits per heavy atom. The zero-order chi connectivity index (χ0) is 17.1. The molecule has 0 radical (unpaired) electrons. The zero-order valence-electron chi connectivity index (χ0n) is 14.4. The van der Waals surface area contributed by atoms with Gasteiger partial charge in [-0.25, -0.2) is 0 Å². The molecule has 0 spiro atoms. The molecule has 1 atom stereocenters. The molecule has 3 rings (SSSR count). The molecule has 1 amide bonds. The number of carbonyl (C=O) groups is 1. The summed E-state index contributed by atoms with van der Waals surface area (Å²) in [6, 6.07) is 10.3. The van der Waals surface area contributed by atoms with E-state index in [-0.39, 0.29) is 11.9 Å². The van der Waals surface area contributed by atoms with E-state index in [0.29, 0.717) is 17.7 Å². The Kier molecular flexibility index (Phi) is 5.23. The van der Waals surface area contributed by atoms with Crippen LogP contribution in [0.15, 0.2) is 35.5 Å². The van der Waals surface area contributed by atoms with Crippen LogP contribution in [0.3, 0.4) is 0 Å². The van der Waals surface area contributed by atoms with Crippen molar-refractivity contribution in [2.24, 2.45) is 0 Å². The lowest BCUT2D eigenvalue weighted by molar-refractivity contribution is -0.119. The third-order valence-corrected chi connectivity index (χ3v) is 5.10. The maximum atomic E-state index is 12.2. The first-order valence-electron chi connectivity index (χ1n) is 8.48. The molecule has 1 unspecified atom stereocenters. The van der Waals surface area contributed by atoms with Gasteiger partial charge in [-0.3, -0.25) is 4.79 Å². The number of thioether (sulfide) groups is 1. The maximum Gasteiger partial charge on any atom is 0.230 e. The Bertz CT molecular complexity index is 694. The Morgan fingerprint density at radius 3 is 2.58 bits per heavy atom. The van der Waals surface area contributed by atoms with Crippen molar-refractivity contribution in [3.8, 4) is 0 Å². The topological polar surface area (TPSA) is 59.8 Å². The third-order valence-electron chi connectivity index (χ3n) is 4.16. The molecule has 24 heavy (non-hydrogen) atoms. The minimum atomic E-state index is 0.00398. The molecule has 1 N–H and O–H groups in total. The molecule has 1 heterocycles. The van der Waals surface area contributed by atoms with E-state index in [4.69, 9.17) is 0 Å². The predicted octanol–water partition coefficient (Wildman–Crippen LogP) is 3.71. The summed E-state index contributed by atoms with van der Waals surface area (Å²) >= 11 is 1.46. The van der Waals surface area contributed by atoms with Crippen molar-refractivity contribution in [1.29, 1.82) is 0 Å². The van der Waals surface area contributed by atoms with Gasteiger partial charge >= 0.3 is 0 Å². The maximum absolute atomic E-state index is 12.2. The van der Waals surface area contributed by atoms with Crippen LogP contribution in [0, 0.1) is 0 Å². The third kappa shape index (κ3) is 3.98. The van der Waals surface area contributed by atoms with Gasteiger partial charge in [0.05, 0.1) is 11.8 Å². The minimum Gasteiger partial charge on any atom is -0.349 e. The number of hydrogen-bond donors (Lipinski definition) is 1. The van der Waals surface area contributed by atoms with E-state index in [9.17, 15) is 4.79 Å². The number of rotatable bonds is 7. The molecular formula is C18H24N4OS. The number of amides is 1. The molecule has 0 bridgehead atoms. The molecule has 0 saturated heterocycles. The van der Waals surface area contributed by atoms with Gasteiger partial charge in [0.15, 0.2) is 5.16 Å². The Hall–Kier alpha value is -1.82. The molecule has 0 aliphatic heterocycles. The Balaban J connectivity index is 1.58. The first kappa shape index (κ1) is 17.0. The summed E-state index contributed by atoms with van der Waals surface area (Å²) in [4.78, 5) is 12.2. The molecular weight excluding hydrogens is 320 g/mol. The summed E-state index contributed by atoms with van der Waals surface area (Å²) in [5.41, 5.74) is 1.11. The highest BCUT2D eigenvalue weighted by Gasteiger charge is 2.31. The van der Waals surface area contributed by atoms with Crippen LogP contribution in [0.4, 0.5) is 0 Å². The molecule has 1 aromatic heterocycles. The Morgan fingerprint density at radius 1 is 1.25 bits per heavy atom. The van der Waals surface area contributed by atoms with Crippen molar-refractivity contribution >= 4 is 17.7 Å². The van der Waals surface area contributed by atoms with Crippen LogP contribution in [-0.2, 0) is 4.79 Å². The van der Waals surface area contributed by atoms with E-state index in [2.05, 4.69) is 33.9 Å². The minimum absolute atomic E-state index is 0.00398. The van der Waals surface area contributed by atoms with Gasteiger partial charge in [-0.05, 0) is 39.2 Å². The van der Waals surface area contributed by atoms with Crippen molar-refractivity contribution in [1.82, 2.24) is 20.1 Å². The normalized spacial score (nSPS) is 15.5. The van der Waals surface area contributed by atoms with E-state index in [1.54, 1.807) is 0 Å². The summed E-state index contributed by atoms with van der Waals surface area (Å²) in [6.07, 6.45) is 2.40. The summed E-state index contributed by atoms with van der Waals surface area (Å²) in [5.74, 6) is 2.00. The average Bonchev–Trinajstić information content (AvgIpc) is 3.33. The van der Waals surface area contributed by atoms with Gasteiger partial charge in [0.2, 0.25) is 5.91 Å². The molecule has 5 nitrogen and oxygen atoms in total. The number of nitrogens with zero attached hydrogens (tertiary/aromatic N) is 3. The molecule has 1 aromatic carbocycles. The second-order valence-corrected chi connectivity index (χ2v) is 7.51. The van der Waals surface area contributed by atoms with Gasteiger partial charge in [-0.1, -0.05) is 42.1 Å². The summed E-state index contributed by atoms with van der Waals surface area (Å²) in [6.45, 7) is 6.27. The molecule has 6 heteroatoms. The number of hydrogen-bond acceptors (Lipinski definition) is 4. The number of benzene rings is 1. The van der Waals surface area contributed by atoms with Gasteiger partial charge in [0.1, 0.15) is 5.82 Å². The van der Waals surface area contributed by atoms with Gasteiger partial charge in [-0.15, -0.1) is 10.2 Å². The predicted molar refractivity (Wildman–Crippen MR) is 96.1 cm³/mol. The van der Waals surface area contributed by atoms with E-state index in [0.717, 1.165) is 16.5 Å². The summed E-state index contributed by atoms with van der Waals surface area (Å²) in [7, 11) is 0. The largest absolute Gasteiger partial charge is 0.349 e. The van der Waals surface area contributed by atoms with Crippen molar-refractivity contribution in [2.45, 2.75) is 56.8 Å². The lowest BCUT2D eigenvalue weighted by Gasteiger charge is -2.15. The number of carbonyl (C=O) groups excluding carboxylic acids is 1. The molecule has 128 valence electrons. The van der Waals surface area contributed by atoms with Crippen LogP contribution in [0.2, 0.25) is 0 Å². The number of aromatic nitrogens is 3. The van der Waals surface area contributed by atoms with Crippen LogP contribution in [0.25, 0.3) is 0 Å². The van der Waals surface area contributed by atoms with Gasteiger partial charge in [-0.2, -0.15) is 0 Å². The van der Waals surface area contributed by atoms with E-state index in [1.807, 2.05) is 37.3 Å². The van der Waals surface area contributed by atoms with E-state index in [1.165, 1.54) is 24.6 Å². The van der Waals surface area contributed by atoms with Gasteiger partial charge in [0, 0.05) is 12.0 Å². The fourth-order valence-electron chi connectivity index (χ4n) is 2.73. The Labute approximate surface area is 147 Å². The lowest BCUT2D eigenvalue weighted by Crippen LogP contribution is -2.28. The van der Waals surface area contributed by atoms with Crippen molar-refractivity contribution in [3.05, 3.63) is 41.7 Å². The first-order valence-corrected chi connectivity index (χ1v) is 9.46. The molecule has 1 aliphatic rings. The van der Waals surface area contributed by atoms with E-state index < -0.39 is 0 Å². The van der Waals surface area contributed by atoms with Crippen LogP contribution < -0.4 is 5.32 Å². The highest BCUT2D eigenvalue weighted by atomic mass is 32.2. The highest BCUT2D eigenvalue weighted by Crippen LogP contribution is 2.41. The molecule has 1 fully saturated rings. The SMILES string of the molecule is CC(NC(=O)CSc1nnc(C2CC2)n1C(C)C)c1ccccc1. The zero-order valence-corrected chi connectivity index (χ0v) is 15.2. The van der Waals surface area contributed by atoms with Crippen LogP contribution in [-0.4, -0.2) is 26.4 Å². The smallest absolute Gasteiger partial charge is 0.230 e. The van der Waals surface area contributed by atoms with Crippen LogP contribution >= 0.6 is 11.8 Å². The first-order chi connectivity index (χ1) is 11.6. The second kappa shape index (κ2) is 7.38. The molecule has 1 saturated carbocycles.